The van der Waals surface area contributed by atoms with Gasteiger partial charge in [0.15, 0.2) is 5.69 Å². The molecule has 0 atom stereocenters. The molecule has 2 aromatic carbocycles. The van der Waals surface area contributed by atoms with Gasteiger partial charge in [0, 0.05) is 32.2 Å². The number of carbonyl (C=O) groups excluding carboxylic acids is 2. The van der Waals surface area contributed by atoms with Gasteiger partial charge in [0.25, 0.3) is 5.91 Å². The van der Waals surface area contributed by atoms with Crippen molar-refractivity contribution in [2.45, 2.75) is 31.9 Å². The van der Waals surface area contributed by atoms with Crippen molar-refractivity contribution < 1.29 is 19.1 Å². The second kappa shape index (κ2) is 9.78. The number of likely N-dealkylation sites (N-methyl/N-ethyl adjacent to an activating group) is 1. The molecule has 1 N–H and O–H groups in total. The molecule has 0 spiro atoms. The zero-order valence-electron chi connectivity index (χ0n) is 18.1. The van der Waals surface area contributed by atoms with Gasteiger partial charge in [-0.05, 0) is 36.1 Å². The summed E-state index contributed by atoms with van der Waals surface area (Å²) in [5.74, 6) is 0.258. The van der Waals surface area contributed by atoms with E-state index in [0.717, 1.165) is 16.7 Å². The monoisotopic (exact) mass is 433 g/mol. The van der Waals surface area contributed by atoms with Crippen molar-refractivity contribution in [2.75, 3.05) is 20.1 Å². The molecule has 166 valence electrons. The number of rotatable bonds is 6. The number of nitrogens with zero attached hydrogens (tertiary/aromatic N) is 3. The zero-order valence-corrected chi connectivity index (χ0v) is 18.1. The van der Waals surface area contributed by atoms with Gasteiger partial charge in [0.1, 0.15) is 6.26 Å². The van der Waals surface area contributed by atoms with E-state index in [4.69, 9.17) is 4.42 Å². The molecule has 4 rings (SSSR count). The molecule has 7 heteroatoms. The van der Waals surface area contributed by atoms with Crippen LogP contribution in [0.1, 0.15) is 34.5 Å². The highest BCUT2D eigenvalue weighted by Crippen LogP contribution is 2.21. The highest BCUT2D eigenvalue weighted by Gasteiger charge is 2.24. The molecule has 1 aliphatic heterocycles. The summed E-state index contributed by atoms with van der Waals surface area (Å²) >= 11 is 0. The molecule has 3 aromatic rings. The van der Waals surface area contributed by atoms with Crippen molar-refractivity contribution in [2.24, 2.45) is 0 Å². The number of hydrogen-bond donors (Lipinski definition) is 1. The predicted octanol–water partition coefficient (Wildman–Crippen LogP) is 3.14. The molecule has 0 radical (unpaired) electrons. The number of oxazole rings is 1. The van der Waals surface area contributed by atoms with Crippen molar-refractivity contribution in [1.82, 2.24) is 14.8 Å². The van der Waals surface area contributed by atoms with Crippen LogP contribution in [0.4, 0.5) is 0 Å². The summed E-state index contributed by atoms with van der Waals surface area (Å²) in [6.45, 7) is 1.54. The normalized spacial score (nSPS) is 14.4. The van der Waals surface area contributed by atoms with Crippen molar-refractivity contribution in [3.63, 3.8) is 0 Å². The molecule has 0 unspecified atom stereocenters. The van der Waals surface area contributed by atoms with Crippen LogP contribution in [-0.2, 0) is 17.8 Å². The first-order valence-electron chi connectivity index (χ1n) is 10.8. The number of piperidine rings is 1. The van der Waals surface area contributed by atoms with Gasteiger partial charge in [-0.15, -0.1) is 0 Å². The first kappa shape index (κ1) is 21.8. The van der Waals surface area contributed by atoms with Crippen LogP contribution in [0, 0.1) is 0 Å². The Morgan fingerprint density at radius 2 is 1.75 bits per heavy atom. The summed E-state index contributed by atoms with van der Waals surface area (Å²) in [6.07, 6.45) is 2.59. The van der Waals surface area contributed by atoms with E-state index in [-0.39, 0.29) is 23.6 Å². The fraction of sp³-hybridized carbons (Fsp3) is 0.320. The van der Waals surface area contributed by atoms with Gasteiger partial charge in [0.2, 0.25) is 11.8 Å². The average molecular weight is 434 g/mol. The largest absolute Gasteiger partial charge is 0.444 e. The second-order valence-electron chi connectivity index (χ2n) is 8.17. The second-order valence-corrected chi connectivity index (χ2v) is 8.17. The van der Waals surface area contributed by atoms with Gasteiger partial charge in [-0.1, -0.05) is 42.5 Å². The third-order valence-electron chi connectivity index (χ3n) is 5.72. The minimum absolute atomic E-state index is 0.0568. The fourth-order valence-corrected chi connectivity index (χ4v) is 3.76. The lowest BCUT2D eigenvalue weighted by Crippen LogP contribution is -2.40. The zero-order chi connectivity index (χ0) is 22.5. The standard InChI is InChI=1S/C25H27N3O4/c1-27(23(30)15-18-5-3-2-4-6-18)16-19-7-9-20(10-8-19)24-26-22(17-32-24)25(31)28-13-11-21(29)12-14-28/h2-10,17,21,29H,11-16H2,1H3. The number of benzene rings is 2. The van der Waals surface area contributed by atoms with Gasteiger partial charge >= 0.3 is 0 Å². The number of likely N-dealkylation sites (tertiary alicyclic amines) is 1. The molecular formula is C25H27N3O4. The van der Waals surface area contributed by atoms with Gasteiger partial charge in [0.05, 0.1) is 12.5 Å². The van der Waals surface area contributed by atoms with Crippen LogP contribution in [0.2, 0.25) is 0 Å². The van der Waals surface area contributed by atoms with E-state index >= 15 is 0 Å². The molecule has 1 aliphatic rings. The van der Waals surface area contributed by atoms with Gasteiger partial charge in [-0.2, -0.15) is 0 Å². The number of aliphatic hydroxyl groups excluding tert-OH is 1. The minimum atomic E-state index is -0.335. The first-order chi connectivity index (χ1) is 15.5. The number of amides is 2. The maximum absolute atomic E-state index is 12.6. The van der Waals surface area contributed by atoms with Crippen LogP contribution in [0.3, 0.4) is 0 Å². The lowest BCUT2D eigenvalue weighted by Gasteiger charge is -2.28. The van der Waals surface area contributed by atoms with E-state index in [0.29, 0.717) is 44.8 Å². The number of carbonyl (C=O) groups is 2. The molecular weight excluding hydrogens is 406 g/mol. The van der Waals surface area contributed by atoms with Crippen LogP contribution in [0.25, 0.3) is 11.5 Å². The Bertz CT molecular complexity index is 1050. The molecule has 0 bridgehead atoms. The quantitative estimate of drug-likeness (QED) is 0.645. The summed E-state index contributed by atoms with van der Waals surface area (Å²) in [5.41, 5.74) is 3.02. The third-order valence-corrected chi connectivity index (χ3v) is 5.72. The number of aliphatic hydroxyl groups is 1. The Morgan fingerprint density at radius 1 is 1.06 bits per heavy atom. The Kier molecular flexibility index (Phi) is 6.66. The Balaban J connectivity index is 1.35. The van der Waals surface area contributed by atoms with Gasteiger partial charge in [-0.25, -0.2) is 4.98 Å². The maximum Gasteiger partial charge on any atom is 0.275 e. The van der Waals surface area contributed by atoms with E-state index in [1.807, 2.05) is 54.6 Å². The molecule has 2 heterocycles. The molecule has 32 heavy (non-hydrogen) atoms. The van der Waals surface area contributed by atoms with Crippen molar-refractivity contribution >= 4 is 11.8 Å². The van der Waals surface area contributed by atoms with Crippen molar-refractivity contribution in [1.29, 1.82) is 0 Å². The van der Waals surface area contributed by atoms with Crippen LogP contribution >= 0.6 is 0 Å². The van der Waals surface area contributed by atoms with E-state index in [1.54, 1.807) is 16.8 Å². The summed E-state index contributed by atoms with van der Waals surface area (Å²) in [5, 5.41) is 9.61. The third kappa shape index (κ3) is 5.23. The van der Waals surface area contributed by atoms with E-state index in [9.17, 15) is 14.7 Å². The molecule has 0 aliphatic carbocycles. The SMILES string of the molecule is CN(Cc1ccc(-c2nc(C(=O)N3CCC(O)CC3)co2)cc1)C(=O)Cc1ccccc1. The van der Waals surface area contributed by atoms with Gasteiger partial charge in [-0.3, -0.25) is 9.59 Å². The summed E-state index contributed by atoms with van der Waals surface area (Å²) < 4.78 is 5.54. The van der Waals surface area contributed by atoms with E-state index < -0.39 is 0 Å². The predicted molar refractivity (Wildman–Crippen MR) is 120 cm³/mol. The maximum atomic E-state index is 12.6. The summed E-state index contributed by atoms with van der Waals surface area (Å²) in [7, 11) is 1.80. The van der Waals surface area contributed by atoms with Crippen LogP contribution < -0.4 is 0 Å². The molecule has 0 saturated carbocycles. The lowest BCUT2D eigenvalue weighted by atomic mass is 10.1. The number of hydrogen-bond acceptors (Lipinski definition) is 5. The minimum Gasteiger partial charge on any atom is -0.444 e. The van der Waals surface area contributed by atoms with Crippen LogP contribution in [0.5, 0.6) is 0 Å². The van der Waals surface area contributed by atoms with Crippen LogP contribution in [0.15, 0.2) is 65.3 Å². The Morgan fingerprint density at radius 3 is 2.44 bits per heavy atom. The lowest BCUT2D eigenvalue weighted by molar-refractivity contribution is -0.129. The van der Waals surface area contributed by atoms with Crippen molar-refractivity contribution in [3.8, 4) is 11.5 Å². The van der Waals surface area contributed by atoms with Gasteiger partial charge < -0.3 is 19.3 Å². The molecule has 1 aromatic heterocycles. The topological polar surface area (TPSA) is 86.9 Å². The van der Waals surface area contributed by atoms with Crippen LogP contribution in [-0.4, -0.2) is 57.9 Å². The van der Waals surface area contributed by atoms with Crippen molar-refractivity contribution in [3.05, 3.63) is 77.7 Å². The number of aromatic nitrogens is 1. The molecule has 7 nitrogen and oxygen atoms in total. The highest BCUT2D eigenvalue weighted by molar-refractivity contribution is 5.92. The summed E-state index contributed by atoms with van der Waals surface area (Å²) in [6, 6.07) is 17.3. The Hall–Kier alpha value is -3.45. The fourth-order valence-electron chi connectivity index (χ4n) is 3.76. The summed E-state index contributed by atoms with van der Waals surface area (Å²) in [4.78, 5) is 32.8. The first-order valence-corrected chi connectivity index (χ1v) is 10.8. The molecule has 1 fully saturated rings. The molecule has 1 saturated heterocycles. The average Bonchev–Trinajstić information content (AvgIpc) is 3.30. The van der Waals surface area contributed by atoms with E-state index in [2.05, 4.69) is 4.98 Å². The smallest absolute Gasteiger partial charge is 0.275 e. The highest BCUT2D eigenvalue weighted by atomic mass is 16.3. The Labute approximate surface area is 187 Å². The molecule has 2 amide bonds. The van der Waals surface area contributed by atoms with E-state index in [1.165, 1.54) is 6.26 Å².